The summed E-state index contributed by atoms with van der Waals surface area (Å²) in [5.74, 6) is 0.490. The maximum atomic E-state index is 13.0. The van der Waals surface area contributed by atoms with Gasteiger partial charge in [0.15, 0.2) is 5.76 Å². The molecular weight excluding hydrogens is 316 g/mol. The number of hydrogen-bond donors (Lipinski definition) is 0. The minimum Gasteiger partial charge on any atom is -0.450 e. The Morgan fingerprint density at radius 2 is 1.52 bits per heavy atom. The Morgan fingerprint density at radius 1 is 0.960 bits per heavy atom. The molecule has 0 aliphatic carbocycles. The molecule has 2 aromatic rings. The Hall–Kier alpha value is -2.30. The second kappa shape index (κ2) is 6.54. The predicted octanol–water partition coefficient (Wildman–Crippen LogP) is 3.30. The fraction of sp³-hybridized carbons (Fsp3) is 0.500. The smallest absolute Gasteiger partial charge is 0.290 e. The van der Waals surface area contributed by atoms with E-state index in [0.29, 0.717) is 31.9 Å². The maximum absolute atomic E-state index is 13.0. The average Bonchev–Trinajstić information content (AvgIpc) is 2.95. The molecule has 0 unspecified atom stereocenters. The van der Waals surface area contributed by atoms with Crippen molar-refractivity contribution in [3.63, 3.8) is 0 Å². The number of hydrogen-bond acceptors (Lipinski definition) is 3. The van der Waals surface area contributed by atoms with Crippen molar-refractivity contribution in [2.24, 2.45) is 5.92 Å². The number of amides is 2. The van der Waals surface area contributed by atoms with Gasteiger partial charge in [-0.2, -0.15) is 0 Å². The third kappa shape index (κ3) is 3.03. The molecule has 5 nitrogen and oxygen atoms in total. The van der Waals surface area contributed by atoms with Crippen molar-refractivity contribution in [1.29, 1.82) is 0 Å². The van der Waals surface area contributed by atoms with Crippen LogP contribution in [0.4, 0.5) is 0 Å². The molecule has 1 aromatic heterocycles. The van der Waals surface area contributed by atoms with Gasteiger partial charge in [-0.3, -0.25) is 9.59 Å². The van der Waals surface area contributed by atoms with E-state index in [9.17, 15) is 9.59 Å². The lowest BCUT2D eigenvalue weighted by Crippen LogP contribution is -2.51. The van der Waals surface area contributed by atoms with E-state index >= 15 is 0 Å². The lowest BCUT2D eigenvalue weighted by molar-refractivity contribution is -0.135. The van der Waals surface area contributed by atoms with Crippen LogP contribution in [0.15, 0.2) is 16.5 Å². The highest BCUT2D eigenvalue weighted by Gasteiger charge is 2.29. The summed E-state index contributed by atoms with van der Waals surface area (Å²) in [6.45, 7) is 12.1. The molecule has 2 amide bonds. The van der Waals surface area contributed by atoms with Crippen molar-refractivity contribution in [2.75, 3.05) is 26.2 Å². The average molecular weight is 342 g/mol. The highest BCUT2D eigenvalue weighted by Crippen LogP contribution is 2.31. The summed E-state index contributed by atoms with van der Waals surface area (Å²) in [6.07, 6.45) is 0. The van der Waals surface area contributed by atoms with Gasteiger partial charge >= 0.3 is 0 Å². The lowest BCUT2D eigenvalue weighted by atomic mass is 10.0. The summed E-state index contributed by atoms with van der Waals surface area (Å²) in [7, 11) is 0. The SMILES string of the molecule is Cc1ccc(C)c2c(C)c(C(=O)N3CCN(C(=O)C(C)C)CC3)oc12. The van der Waals surface area contributed by atoms with Crippen molar-refractivity contribution in [3.8, 4) is 0 Å². The first-order chi connectivity index (χ1) is 11.8. The third-order valence-electron chi connectivity index (χ3n) is 5.05. The van der Waals surface area contributed by atoms with Crippen LogP contribution < -0.4 is 0 Å². The van der Waals surface area contributed by atoms with E-state index in [2.05, 4.69) is 6.07 Å². The summed E-state index contributed by atoms with van der Waals surface area (Å²) < 4.78 is 5.97. The van der Waals surface area contributed by atoms with Gasteiger partial charge in [-0.05, 0) is 31.9 Å². The number of piperazine rings is 1. The molecule has 0 radical (unpaired) electrons. The van der Waals surface area contributed by atoms with E-state index < -0.39 is 0 Å². The summed E-state index contributed by atoms with van der Waals surface area (Å²) >= 11 is 0. The van der Waals surface area contributed by atoms with E-state index in [4.69, 9.17) is 4.42 Å². The minimum atomic E-state index is -0.0795. The van der Waals surface area contributed by atoms with E-state index in [1.165, 1.54) is 0 Å². The van der Waals surface area contributed by atoms with Crippen LogP contribution >= 0.6 is 0 Å². The zero-order valence-corrected chi connectivity index (χ0v) is 15.7. The van der Waals surface area contributed by atoms with Gasteiger partial charge in [-0.25, -0.2) is 0 Å². The van der Waals surface area contributed by atoms with Gasteiger partial charge in [0.25, 0.3) is 5.91 Å². The van der Waals surface area contributed by atoms with Gasteiger partial charge in [0, 0.05) is 43.0 Å². The summed E-state index contributed by atoms with van der Waals surface area (Å²) in [4.78, 5) is 28.7. The van der Waals surface area contributed by atoms with Crippen LogP contribution in [0, 0.1) is 26.7 Å². The van der Waals surface area contributed by atoms with Gasteiger partial charge in [-0.15, -0.1) is 0 Å². The minimum absolute atomic E-state index is 0.00850. The van der Waals surface area contributed by atoms with E-state index in [-0.39, 0.29) is 17.7 Å². The molecule has 0 atom stereocenters. The topological polar surface area (TPSA) is 53.8 Å². The molecule has 0 saturated carbocycles. The number of nitrogens with zero attached hydrogens (tertiary/aromatic N) is 2. The fourth-order valence-corrected chi connectivity index (χ4v) is 3.52. The summed E-state index contributed by atoms with van der Waals surface area (Å²) in [5, 5.41) is 1.04. The zero-order chi connectivity index (χ0) is 18.3. The number of benzene rings is 1. The Kier molecular flexibility index (Phi) is 4.58. The molecule has 3 rings (SSSR count). The van der Waals surface area contributed by atoms with Crippen molar-refractivity contribution < 1.29 is 14.0 Å². The van der Waals surface area contributed by atoms with Crippen LogP contribution in [0.1, 0.15) is 41.1 Å². The monoisotopic (exact) mass is 342 g/mol. The molecular formula is C20H26N2O3. The van der Waals surface area contributed by atoms with Gasteiger partial charge < -0.3 is 14.2 Å². The van der Waals surface area contributed by atoms with E-state index in [1.54, 1.807) is 4.90 Å². The molecule has 0 N–H and O–H groups in total. The maximum Gasteiger partial charge on any atom is 0.290 e. The first-order valence-electron chi connectivity index (χ1n) is 8.88. The quantitative estimate of drug-likeness (QED) is 0.841. The molecule has 25 heavy (non-hydrogen) atoms. The van der Waals surface area contributed by atoms with Crippen molar-refractivity contribution in [1.82, 2.24) is 9.80 Å². The number of fused-ring (bicyclic) bond motifs is 1. The van der Waals surface area contributed by atoms with Gasteiger partial charge in [0.1, 0.15) is 5.58 Å². The van der Waals surface area contributed by atoms with Gasteiger partial charge in [-0.1, -0.05) is 26.0 Å². The van der Waals surface area contributed by atoms with E-state index in [0.717, 1.165) is 27.7 Å². The third-order valence-corrected chi connectivity index (χ3v) is 5.05. The highest BCUT2D eigenvalue weighted by atomic mass is 16.3. The second-order valence-electron chi connectivity index (χ2n) is 7.23. The molecule has 1 saturated heterocycles. The van der Waals surface area contributed by atoms with Gasteiger partial charge in [0.05, 0.1) is 0 Å². The van der Waals surface area contributed by atoms with Crippen LogP contribution in [0.3, 0.4) is 0 Å². The van der Waals surface area contributed by atoms with Crippen LogP contribution in [-0.4, -0.2) is 47.8 Å². The van der Waals surface area contributed by atoms with Crippen molar-refractivity contribution in [3.05, 3.63) is 34.6 Å². The molecule has 1 aromatic carbocycles. The molecule has 0 bridgehead atoms. The van der Waals surface area contributed by atoms with E-state index in [1.807, 2.05) is 45.6 Å². The Balaban J connectivity index is 1.82. The van der Waals surface area contributed by atoms with Crippen LogP contribution in [0.25, 0.3) is 11.0 Å². The Morgan fingerprint density at radius 3 is 2.08 bits per heavy atom. The van der Waals surface area contributed by atoms with Crippen molar-refractivity contribution in [2.45, 2.75) is 34.6 Å². The molecule has 134 valence electrons. The molecule has 1 aliphatic heterocycles. The first kappa shape index (κ1) is 17.5. The normalized spacial score (nSPS) is 15.3. The van der Waals surface area contributed by atoms with Crippen LogP contribution in [-0.2, 0) is 4.79 Å². The first-order valence-corrected chi connectivity index (χ1v) is 8.88. The number of aryl methyl sites for hydroxylation is 3. The molecule has 1 fully saturated rings. The summed E-state index contributed by atoms with van der Waals surface area (Å²) in [6, 6.07) is 4.08. The molecule has 2 heterocycles. The lowest BCUT2D eigenvalue weighted by Gasteiger charge is -2.35. The number of carbonyl (C=O) groups excluding carboxylic acids is 2. The zero-order valence-electron chi connectivity index (χ0n) is 15.7. The molecule has 0 spiro atoms. The highest BCUT2D eigenvalue weighted by molar-refractivity contribution is 6.00. The largest absolute Gasteiger partial charge is 0.450 e. The van der Waals surface area contributed by atoms with Crippen molar-refractivity contribution >= 4 is 22.8 Å². The number of carbonyl (C=O) groups is 2. The van der Waals surface area contributed by atoms with Crippen LogP contribution in [0.5, 0.6) is 0 Å². The fourth-order valence-electron chi connectivity index (χ4n) is 3.52. The Labute approximate surface area is 148 Å². The molecule has 1 aliphatic rings. The number of rotatable bonds is 2. The molecule has 5 heteroatoms. The summed E-state index contributed by atoms with van der Waals surface area (Å²) in [5.41, 5.74) is 3.86. The van der Waals surface area contributed by atoms with Crippen LogP contribution in [0.2, 0.25) is 0 Å². The van der Waals surface area contributed by atoms with Gasteiger partial charge in [0.2, 0.25) is 5.91 Å². The predicted molar refractivity (Wildman–Crippen MR) is 97.7 cm³/mol. The standard InChI is InChI=1S/C20H26N2O3/c1-12(2)19(23)21-8-10-22(11-9-21)20(24)18-15(5)16-13(3)6-7-14(4)17(16)25-18/h6-7,12H,8-11H2,1-5H3. The second-order valence-corrected chi connectivity index (χ2v) is 7.23. The Bertz CT molecular complexity index is 827. The number of furan rings is 1.